The van der Waals surface area contributed by atoms with Gasteiger partial charge in [-0.2, -0.15) is 5.10 Å². The molecule has 0 radical (unpaired) electrons. The fraction of sp³-hybridized carbons (Fsp3) is 0.143. The SMILES string of the molecule is O=C(NCCn1ncc2c(=O)n(Cc3ccccc3F)cnc21)c1ccccc1Cl. The number of aromatic nitrogens is 4. The third-order valence-electron chi connectivity index (χ3n) is 4.65. The van der Waals surface area contributed by atoms with E-state index in [1.165, 1.54) is 27.8 Å². The van der Waals surface area contributed by atoms with E-state index in [1.54, 1.807) is 42.5 Å². The number of carbonyl (C=O) groups excluding carboxylic acids is 1. The van der Waals surface area contributed by atoms with Gasteiger partial charge in [0.25, 0.3) is 11.5 Å². The topological polar surface area (TPSA) is 81.8 Å². The lowest BCUT2D eigenvalue weighted by atomic mass is 10.2. The number of carbonyl (C=O) groups is 1. The van der Waals surface area contributed by atoms with Crippen LogP contribution >= 0.6 is 11.6 Å². The second kappa shape index (κ2) is 8.46. The molecule has 9 heteroatoms. The van der Waals surface area contributed by atoms with Crippen LogP contribution in [-0.2, 0) is 13.1 Å². The van der Waals surface area contributed by atoms with Crippen molar-refractivity contribution in [2.24, 2.45) is 0 Å². The summed E-state index contributed by atoms with van der Waals surface area (Å²) in [6, 6.07) is 13.0. The van der Waals surface area contributed by atoms with Gasteiger partial charge in [-0.05, 0) is 18.2 Å². The molecule has 0 bridgehead atoms. The first-order chi connectivity index (χ1) is 14.5. The summed E-state index contributed by atoms with van der Waals surface area (Å²) >= 11 is 6.03. The van der Waals surface area contributed by atoms with E-state index < -0.39 is 0 Å². The molecular weight excluding hydrogens is 409 g/mol. The highest BCUT2D eigenvalue weighted by Crippen LogP contribution is 2.14. The van der Waals surface area contributed by atoms with E-state index in [4.69, 9.17) is 11.6 Å². The van der Waals surface area contributed by atoms with Crippen LogP contribution in [0.15, 0.2) is 65.8 Å². The predicted octanol–water partition coefficient (Wildman–Crippen LogP) is 2.86. The smallest absolute Gasteiger partial charge is 0.264 e. The van der Waals surface area contributed by atoms with Gasteiger partial charge in [0, 0.05) is 12.1 Å². The van der Waals surface area contributed by atoms with Gasteiger partial charge in [0.1, 0.15) is 17.5 Å². The molecule has 30 heavy (non-hydrogen) atoms. The molecular formula is C21H17ClFN5O2. The summed E-state index contributed by atoms with van der Waals surface area (Å²) in [5.74, 6) is -0.674. The quantitative estimate of drug-likeness (QED) is 0.515. The molecule has 0 atom stereocenters. The highest BCUT2D eigenvalue weighted by Gasteiger charge is 2.13. The molecule has 0 fully saturated rings. The molecule has 2 aromatic carbocycles. The van der Waals surface area contributed by atoms with Gasteiger partial charge in [0.15, 0.2) is 5.65 Å². The van der Waals surface area contributed by atoms with E-state index in [9.17, 15) is 14.0 Å². The lowest BCUT2D eigenvalue weighted by Crippen LogP contribution is -2.28. The fourth-order valence-corrected chi connectivity index (χ4v) is 3.32. The van der Waals surface area contributed by atoms with Crippen molar-refractivity contribution in [3.63, 3.8) is 0 Å². The van der Waals surface area contributed by atoms with Crippen LogP contribution in [0.1, 0.15) is 15.9 Å². The zero-order valence-corrected chi connectivity index (χ0v) is 16.5. The molecule has 0 saturated carbocycles. The number of rotatable bonds is 6. The summed E-state index contributed by atoms with van der Waals surface area (Å²) < 4.78 is 16.8. The Hall–Kier alpha value is -3.52. The number of nitrogens with zero attached hydrogens (tertiary/aromatic N) is 4. The molecule has 0 aliphatic carbocycles. The Labute approximate surface area is 175 Å². The lowest BCUT2D eigenvalue weighted by Gasteiger charge is -2.08. The highest BCUT2D eigenvalue weighted by atomic mass is 35.5. The van der Waals surface area contributed by atoms with Crippen LogP contribution in [0, 0.1) is 5.82 Å². The normalized spacial score (nSPS) is 11.0. The number of fused-ring (bicyclic) bond motifs is 1. The molecule has 2 aromatic heterocycles. The van der Waals surface area contributed by atoms with Crippen molar-refractivity contribution in [2.75, 3.05) is 6.54 Å². The molecule has 2 heterocycles. The molecule has 152 valence electrons. The van der Waals surface area contributed by atoms with Crippen LogP contribution in [-0.4, -0.2) is 31.8 Å². The molecule has 7 nitrogen and oxygen atoms in total. The van der Waals surface area contributed by atoms with E-state index in [2.05, 4.69) is 15.4 Å². The van der Waals surface area contributed by atoms with Gasteiger partial charge in [-0.3, -0.25) is 14.2 Å². The van der Waals surface area contributed by atoms with Gasteiger partial charge < -0.3 is 5.32 Å². The molecule has 1 N–H and O–H groups in total. The molecule has 0 saturated heterocycles. The third kappa shape index (κ3) is 3.95. The van der Waals surface area contributed by atoms with Crippen molar-refractivity contribution >= 4 is 28.5 Å². The Morgan fingerprint density at radius 2 is 1.90 bits per heavy atom. The number of amides is 1. The van der Waals surface area contributed by atoms with E-state index in [0.29, 0.717) is 33.7 Å². The van der Waals surface area contributed by atoms with E-state index in [-0.39, 0.29) is 30.4 Å². The van der Waals surface area contributed by atoms with Gasteiger partial charge in [-0.1, -0.05) is 41.9 Å². The Kier molecular flexibility index (Phi) is 5.58. The fourth-order valence-electron chi connectivity index (χ4n) is 3.10. The molecule has 0 spiro atoms. The maximum absolute atomic E-state index is 13.9. The Bertz CT molecular complexity index is 1280. The van der Waals surface area contributed by atoms with E-state index >= 15 is 0 Å². The average molecular weight is 426 g/mol. The van der Waals surface area contributed by atoms with Crippen LogP contribution in [0.3, 0.4) is 0 Å². The second-order valence-electron chi connectivity index (χ2n) is 6.61. The van der Waals surface area contributed by atoms with E-state index in [0.717, 1.165) is 0 Å². The van der Waals surface area contributed by atoms with Gasteiger partial charge >= 0.3 is 0 Å². The number of halogens is 2. The van der Waals surface area contributed by atoms with Crippen molar-refractivity contribution in [1.29, 1.82) is 0 Å². The summed E-state index contributed by atoms with van der Waals surface area (Å²) in [4.78, 5) is 29.3. The lowest BCUT2D eigenvalue weighted by molar-refractivity contribution is 0.0952. The minimum absolute atomic E-state index is 0.0769. The minimum atomic E-state index is -0.380. The number of hydrogen-bond acceptors (Lipinski definition) is 4. The zero-order chi connectivity index (χ0) is 21.1. The highest BCUT2D eigenvalue weighted by molar-refractivity contribution is 6.33. The Morgan fingerprint density at radius 1 is 1.13 bits per heavy atom. The van der Waals surface area contributed by atoms with Crippen LogP contribution in [0.5, 0.6) is 0 Å². The first-order valence-corrected chi connectivity index (χ1v) is 9.59. The van der Waals surface area contributed by atoms with Gasteiger partial charge in [0.2, 0.25) is 0 Å². The van der Waals surface area contributed by atoms with Crippen molar-refractivity contribution in [3.8, 4) is 0 Å². The van der Waals surface area contributed by atoms with Crippen LogP contribution < -0.4 is 10.9 Å². The maximum atomic E-state index is 13.9. The van der Waals surface area contributed by atoms with Crippen molar-refractivity contribution in [2.45, 2.75) is 13.1 Å². The first-order valence-electron chi connectivity index (χ1n) is 9.21. The van der Waals surface area contributed by atoms with E-state index in [1.807, 2.05) is 0 Å². The van der Waals surface area contributed by atoms with Crippen LogP contribution in [0.4, 0.5) is 4.39 Å². The maximum Gasteiger partial charge on any atom is 0.264 e. The number of nitrogens with one attached hydrogen (secondary N) is 1. The Morgan fingerprint density at radius 3 is 2.70 bits per heavy atom. The van der Waals surface area contributed by atoms with Crippen LogP contribution in [0.2, 0.25) is 5.02 Å². The summed E-state index contributed by atoms with van der Waals surface area (Å²) in [7, 11) is 0. The van der Waals surface area contributed by atoms with Gasteiger partial charge in [0.05, 0.1) is 29.9 Å². The molecule has 4 aromatic rings. The van der Waals surface area contributed by atoms with Gasteiger partial charge in [-0.15, -0.1) is 0 Å². The molecule has 0 aliphatic heterocycles. The predicted molar refractivity (Wildman–Crippen MR) is 111 cm³/mol. The Balaban J connectivity index is 1.48. The summed E-state index contributed by atoms with van der Waals surface area (Å²) in [6.45, 7) is 0.678. The first kappa shape index (κ1) is 19.8. The second-order valence-corrected chi connectivity index (χ2v) is 7.02. The number of hydrogen-bond donors (Lipinski definition) is 1. The van der Waals surface area contributed by atoms with Crippen molar-refractivity contribution in [1.82, 2.24) is 24.6 Å². The largest absolute Gasteiger partial charge is 0.350 e. The minimum Gasteiger partial charge on any atom is -0.350 e. The standard InChI is InChI=1S/C21H17ClFN5O2/c22-17-7-3-2-6-15(17)20(29)24-9-10-28-19-16(11-26-28)21(30)27(13-25-19)12-14-5-1-4-8-18(14)23/h1-8,11,13H,9-10,12H2,(H,24,29). The molecule has 0 aliphatic rings. The summed E-state index contributed by atoms with van der Waals surface area (Å²) in [5.41, 5.74) is 0.875. The molecule has 4 rings (SSSR count). The van der Waals surface area contributed by atoms with Gasteiger partial charge in [-0.25, -0.2) is 14.1 Å². The monoisotopic (exact) mass is 425 g/mol. The molecule has 0 unspecified atom stereocenters. The van der Waals surface area contributed by atoms with Crippen LogP contribution in [0.25, 0.3) is 11.0 Å². The van der Waals surface area contributed by atoms with Crippen molar-refractivity contribution in [3.05, 3.63) is 93.4 Å². The zero-order valence-electron chi connectivity index (χ0n) is 15.8. The third-order valence-corrected chi connectivity index (χ3v) is 4.98. The number of benzene rings is 2. The van der Waals surface area contributed by atoms with Crippen molar-refractivity contribution < 1.29 is 9.18 Å². The summed E-state index contributed by atoms with van der Waals surface area (Å²) in [6.07, 6.45) is 2.80. The average Bonchev–Trinajstić information content (AvgIpc) is 3.15. The summed E-state index contributed by atoms with van der Waals surface area (Å²) in [5, 5.41) is 7.67. The molecule has 1 amide bonds.